The Morgan fingerprint density at radius 3 is 2.61 bits per heavy atom. The molecule has 1 N–H and O–H groups in total. The molecule has 1 atom stereocenters. The standard InChI is InChI=1S/C19H17F4N3O2/c1-26(2)16-7-6-12(19(21,22)23)9-15(16)24-18(27)17-10-14(25-28-17)11-4-3-5-13(20)8-11/h3-9,17H,10H2,1-2H3,(H,24,27)/t17-/m1/s1. The average molecular weight is 395 g/mol. The predicted octanol–water partition coefficient (Wildman–Crippen LogP) is 4.04. The summed E-state index contributed by atoms with van der Waals surface area (Å²) in [5.74, 6) is -1.09. The van der Waals surface area contributed by atoms with E-state index in [4.69, 9.17) is 4.84 Å². The number of oxime groups is 1. The Kier molecular flexibility index (Phi) is 5.26. The number of halogens is 4. The lowest BCUT2D eigenvalue weighted by Crippen LogP contribution is -2.29. The Morgan fingerprint density at radius 2 is 1.96 bits per heavy atom. The van der Waals surface area contributed by atoms with Crippen LogP contribution in [0.3, 0.4) is 0 Å². The van der Waals surface area contributed by atoms with E-state index in [0.29, 0.717) is 17.0 Å². The van der Waals surface area contributed by atoms with E-state index in [2.05, 4.69) is 10.5 Å². The molecule has 0 radical (unpaired) electrons. The number of anilines is 2. The number of amides is 1. The van der Waals surface area contributed by atoms with Gasteiger partial charge in [0.2, 0.25) is 6.10 Å². The van der Waals surface area contributed by atoms with E-state index in [0.717, 1.165) is 12.1 Å². The summed E-state index contributed by atoms with van der Waals surface area (Å²) < 4.78 is 52.4. The molecule has 0 spiro atoms. The number of benzene rings is 2. The molecule has 2 aromatic carbocycles. The molecular weight excluding hydrogens is 378 g/mol. The van der Waals surface area contributed by atoms with Crippen LogP contribution in [-0.4, -0.2) is 31.8 Å². The Morgan fingerprint density at radius 1 is 1.21 bits per heavy atom. The van der Waals surface area contributed by atoms with Crippen molar-refractivity contribution in [3.8, 4) is 0 Å². The molecule has 0 aromatic heterocycles. The third kappa shape index (κ3) is 4.24. The van der Waals surface area contributed by atoms with Gasteiger partial charge in [-0.25, -0.2) is 4.39 Å². The molecule has 5 nitrogen and oxygen atoms in total. The fraction of sp³-hybridized carbons (Fsp3) is 0.263. The summed E-state index contributed by atoms with van der Waals surface area (Å²) in [6, 6.07) is 8.77. The quantitative estimate of drug-likeness (QED) is 0.795. The van der Waals surface area contributed by atoms with E-state index in [-0.39, 0.29) is 12.1 Å². The fourth-order valence-corrected chi connectivity index (χ4v) is 2.77. The van der Waals surface area contributed by atoms with Crippen molar-refractivity contribution in [2.45, 2.75) is 18.7 Å². The molecule has 1 amide bonds. The first-order chi connectivity index (χ1) is 13.1. The monoisotopic (exact) mass is 395 g/mol. The Bertz CT molecular complexity index is 926. The highest BCUT2D eigenvalue weighted by Crippen LogP contribution is 2.35. The van der Waals surface area contributed by atoms with Crippen molar-refractivity contribution >= 4 is 23.0 Å². The largest absolute Gasteiger partial charge is 0.416 e. The van der Waals surface area contributed by atoms with Crippen LogP contribution >= 0.6 is 0 Å². The molecular formula is C19H17F4N3O2. The van der Waals surface area contributed by atoms with Crippen LogP contribution in [0.15, 0.2) is 47.6 Å². The van der Waals surface area contributed by atoms with E-state index in [1.54, 1.807) is 25.1 Å². The third-order valence-corrected chi connectivity index (χ3v) is 4.18. The van der Waals surface area contributed by atoms with Crippen LogP contribution < -0.4 is 10.2 Å². The van der Waals surface area contributed by atoms with Crippen LogP contribution in [0, 0.1) is 5.82 Å². The Labute approximate surface area is 158 Å². The summed E-state index contributed by atoms with van der Waals surface area (Å²) in [6.07, 6.45) is -5.49. The molecule has 1 heterocycles. The topological polar surface area (TPSA) is 53.9 Å². The Balaban J connectivity index is 1.76. The van der Waals surface area contributed by atoms with Crippen molar-refractivity contribution in [1.29, 1.82) is 0 Å². The van der Waals surface area contributed by atoms with Crippen molar-refractivity contribution in [3.05, 3.63) is 59.4 Å². The van der Waals surface area contributed by atoms with Gasteiger partial charge in [0.1, 0.15) is 5.82 Å². The highest BCUT2D eigenvalue weighted by Gasteiger charge is 2.33. The van der Waals surface area contributed by atoms with E-state index in [9.17, 15) is 22.4 Å². The first-order valence-corrected chi connectivity index (χ1v) is 8.33. The number of alkyl halides is 3. The van der Waals surface area contributed by atoms with Crippen LogP contribution in [0.25, 0.3) is 0 Å². The van der Waals surface area contributed by atoms with Crippen LogP contribution in [-0.2, 0) is 15.8 Å². The molecule has 0 saturated heterocycles. The minimum absolute atomic E-state index is 0.00707. The summed E-state index contributed by atoms with van der Waals surface area (Å²) >= 11 is 0. The molecule has 0 bridgehead atoms. The van der Waals surface area contributed by atoms with E-state index < -0.39 is 29.6 Å². The number of nitrogens with one attached hydrogen (secondary N) is 1. The lowest BCUT2D eigenvalue weighted by molar-refractivity contribution is -0.137. The number of carbonyl (C=O) groups is 1. The normalized spacial score (nSPS) is 16.4. The zero-order valence-electron chi connectivity index (χ0n) is 15.0. The maximum Gasteiger partial charge on any atom is 0.416 e. The van der Waals surface area contributed by atoms with Crippen LogP contribution in [0.1, 0.15) is 17.5 Å². The van der Waals surface area contributed by atoms with Gasteiger partial charge in [-0.15, -0.1) is 0 Å². The lowest BCUT2D eigenvalue weighted by Gasteiger charge is -2.20. The molecule has 2 aromatic rings. The van der Waals surface area contributed by atoms with Gasteiger partial charge in [0.05, 0.1) is 22.6 Å². The fourth-order valence-electron chi connectivity index (χ4n) is 2.77. The average Bonchev–Trinajstić information content (AvgIpc) is 3.11. The number of rotatable bonds is 4. The summed E-state index contributed by atoms with van der Waals surface area (Å²) in [7, 11) is 3.30. The second-order valence-corrected chi connectivity index (χ2v) is 6.46. The molecule has 0 fully saturated rings. The van der Waals surface area contributed by atoms with Crippen LogP contribution in [0.4, 0.5) is 28.9 Å². The van der Waals surface area contributed by atoms with Gasteiger partial charge in [0.25, 0.3) is 5.91 Å². The van der Waals surface area contributed by atoms with Crippen molar-refractivity contribution in [2.24, 2.45) is 5.16 Å². The van der Waals surface area contributed by atoms with Gasteiger partial charge in [0, 0.05) is 26.1 Å². The van der Waals surface area contributed by atoms with E-state index in [1.807, 2.05) is 0 Å². The third-order valence-electron chi connectivity index (χ3n) is 4.18. The smallest absolute Gasteiger partial charge is 0.382 e. The first kappa shape index (κ1) is 19.7. The second kappa shape index (κ2) is 7.49. The van der Waals surface area contributed by atoms with Gasteiger partial charge in [0.15, 0.2) is 0 Å². The second-order valence-electron chi connectivity index (χ2n) is 6.46. The van der Waals surface area contributed by atoms with Crippen molar-refractivity contribution in [2.75, 3.05) is 24.3 Å². The SMILES string of the molecule is CN(C)c1ccc(C(F)(F)F)cc1NC(=O)[C@H]1CC(c2cccc(F)c2)=NO1. The molecule has 1 aliphatic rings. The maximum atomic E-state index is 13.3. The van der Waals surface area contributed by atoms with Gasteiger partial charge in [-0.05, 0) is 30.3 Å². The number of hydrogen-bond acceptors (Lipinski definition) is 4. The molecule has 28 heavy (non-hydrogen) atoms. The molecule has 1 aliphatic heterocycles. The van der Waals surface area contributed by atoms with Gasteiger partial charge >= 0.3 is 6.18 Å². The highest BCUT2D eigenvalue weighted by molar-refractivity contribution is 6.06. The molecule has 0 aliphatic carbocycles. The number of nitrogens with zero attached hydrogens (tertiary/aromatic N) is 2. The molecule has 3 rings (SSSR count). The zero-order valence-corrected chi connectivity index (χ0v) is 15.0. The van der Waals surface area contributed by atoms with Gasteiger partial charge in [-0.1, -0.05) is 17.3 Å². The van der Waals surface area contributed by atoms with E-state index in [1.165, 1.54) is 24.3 Å². The molecule has 148 valence electrons. The molecule has 0 unspecified atom stereocenters. The summed E-state index contributed by atoms with van der Waals surface area (Å²) in [6.45, 7) is 0. The highest BCUT2D eigenvalue weighted by atomic mass is 19.4. The molecule has 9 heteroatoms. The first-order valence-electron chi connectivity index (χ1n) is 8.33. The number of carbonyl (C=O) groups excluding carboxylic acids is 1. The summed E-state index contributed by atoms with van der Waals surface area (Å²) in [5, 5.41) is 6.28. The van der Waals surface area contributed by atoms with Crippen molar-refractivity contribution < 1.29 is 27.2 Å². The Hall–Kier alpha value is -3.10. The zero-order chi connectivity index (χ0) is 20.5. The van der Waals surface area contributed by atoms with Crippen LogP contribution in [0.5, 0.6) is 0 Å². The van der Waals surface area contributed by atoms with Crippen molar-refractivity contribution in [3.63, 3.8) is 0 Å². The van der Waals surface area contributed by atoms with Crippen LogP contribution in [0.2, 0.25) is 0 Å². The van der Waals surface area contributed by atoms with Gasteiger partial charge < -0.3 is 15.1 Å². The maximum absolute atomic E-state index is 13.3. The lowest BCUT2D eigenvalue weighted by atomic mass is 10.0. The van der Waals surface area contributed by atoms with Gasteiger partial charge in [-0.3, -0.25) is 4.79 Å². The van der Waals surface area contributed by atoms with Crippen molar-refractivity contribution in [1.82, 2.24) is 0 Å². The summed E-state index contributed by atoms with van der Waals surface area (Å²) in [5.41, 5.74) is 0.399. The minimum atomic E-state index is -4.54. The molecule has 0 saturated carbocycles. The van der Waals surface area contributed by atoms with Gasteiger partial charge in [-0.2, -0.15) is 13.2 Å². The summed E-state index contributed by atoms with van der Waals surface area (Å²) in [4.78, 5) is 19.2. The van der Waals surface area contributed by atoms with E-state index >= 15 is 0 Å². The predicted molar refractivity (Wildman–Crippen MR) is 96.8 cm³/mol. The minimum Gasteiger partial charge on any atom is -0.382 e. The number of hydrogen-bond donors (Lipinski definition) is 1.